The molecule has 0 aromatic heterocycles. The zero-order chi connectivity index (χ0) is 36.0. The van der Waals surface area contributed by atoms with Gasteiger partial charge in [-0.2, -0.15) is 0 Å². The molecule has 0 bridgehead atoms. The van der Waals surface area contributed by atoms with Crippen molar-refractivity contribution in [2.24, 2.45) is 21.7 Å². The normalized spacial score (nSPS) is 17.1. The van der Waals surface area contributed by atoms with Gasteiger partial charge in [0.1, 0.15) is 0 Å². The van der Waals surface area contributed by atoms with Crippen LogP contribution in [0.25, 0.3) is 0 Å². The molecular formula is C41H85O4Ti. The molecule has 0 aromatic carbocycles. The predicted molar refractivity (Wildman–Crippen MR) is 202 cm³/mol. The summed E-state index contributed by atoms with van der Waals surface area (Å²) in [5, 5.41) is 11.8. The van der Waals surface area contributed by atoms with Crippen molar-refractivity contribution in [2.75, 3.05) is 6.61 Å². The molecular weight excluding hydrogens is 604 g/mol. The molecule has 0 saturated heterocycles. The number of rotatable bonds is 25. The molecule has 0 atom stereocenters. The van der Waals surface area contributed by atoms with E-state index in [1.54, 1.807) is 12.2 Å². The maximum atomic E-state index is 17.9. The van der Waals surface area contributed by atoms with Crippen LogP contribution in [0.1, 0.15) is 179 Å². The van der Waals surface area contributed by atoms with Crippen LogP contribution in [0.3, 0.4) is 0 Å². The zero-order valence-electron chi connectivity index (χ0n) is 33.6. The molecule has 0 spiro atoms. The zero-order valence-corrected chi connectivity index (χ0v) is 35.2. The van der Waals surface area contributed by atoms with Crippen LogP contribution in [0.15, 0.2) is 25.3 Å². The molecule has 0 aliphatic carbocycles. The molecule has 1 N–H and O–H groups in total. The number of hydrogen-bond acceptors (Lipinski definition) is 4. The summed E-state index contributed by atoms with van der Waals surface area (Å²) in [6, 6.07) is 0. The third-order valence-corrected chi connectivity index (χ3v) is 32.7. The van der Waals surface area contributed by atoms with Crippen LogP contribution in [0.2, 0.25) is 23.6 Å². The van der Waals surface area contributed by atoms with Gasteiger partial charge in [0.2, 0.25) is 0 Å². The van der Waals surface area contributed by atoms with E-state index in [1.807, 2.05) is 0 Å². The fourth-order valence-electron chi connectivity index (χ4n) is 8.89. The molecule has 0 aromatic rings. The molecule has 0 rings (SSSR count). The Labute approximate surface area is 283 Å². The van der Waals surface area contributed by atoms with Gasteiger partial charge in [0.15, 0.2) is 0 Å². The summed E-state index contributed by atoms with van der Waals surface area (Å²) in [6.45, 7) is 35.5. The minimum absolute atomic E-state index is 0.0254. The Morgan fingerprint density at radius 1 is 0.500 bits per heavy atom. The second-order valence-corrected chi connectivity index (χ2v) is 42.0. The molecule has 0 fully saturated rings. The predicted octanol–water partition coefficient (Wildman–Crippen LogP) is 15.5. The summed E-state index contributed by atoms with van der Waals surface area (Å²) < 4.78 is 32.2. The van der Waals surface area contributed by atoms with Gasteiger partial charge < -0.3 is 0 Å². The van der Waals surface area contributed by atoms with Gasteiger partial charge in [-0.15, -0.1) is 0 Å². The van der Waals surface area contributed by atoms with Crippen molar-refractivity contribution in [3.63, 3.8) is 0 Å². The van der Waals surface area contributed by atoms with E-state index in [-0.39, 0.29) is 35.6 Å². The Bertz CT molecular complexity index is 1010. The van der Waals surface area contributed by atoms with Crippen molar-refractivity contribution in [3.05, 3.63) is 25.3 Å². The summed E-state index contributed by atoms with van der Waals surface area (Å²) >= 11 is -7.63. The van der Waals surface area contributed by atoms with Crippen molar-refractivity contribution >= 4 is 0 Å². The standard InChI is InChI=1S/3C10H21.C5H11O.2C3H5.H2O2.O.Ti/c3*1-5-6-7-8-9-10(2,3)4;1-5(2,3)4-6;2*1-3-2;1-2;;/h3*1,5-9H2,2-4H3;4H2,1-3H3;2*3H,1-2H2;1-2H;;/q;;;-1;;;;;+2/p-1. The van der Waals surface area contributed by atoms with Gasteiger partial charge >= 0.3 is 284 Å². The quantitative estimate of drug-likeness (QED) is 0.0341. The van der Waals surface area contributed by atoms with Crippen molar-refractivity contribution < 1.29 is 27.6 Å². The van der Waals surface area contributed by atoms with Crippen molar-refractivity contribution in [1.29, 1.82) is 0 Å². The van der Waals surface area contributed by atoms with Crippen LogP contribution in [0.5, 0.6) is 0 Å². The Morgan fingerprint density at radius 2 is 0.783 bits per heavy atom. The summed E-state index contributed by atoms with van der Waals surface area (Å²) in [5.74, 6) is 0. The van der Waals surface area contributed by atoms with Gasteiger partial charge in [0.25, 0.3) is 0 Å². The maximum absolute atomic E-state index is 17.9. The number of unbranched alkanes of at least 4 members (excludes halogenated alkanes) is 9. The molecule has 46 heavy (non-hydrogen) atoms. The Balaban J connectivity index is 7.06. The summed E-state index contributed by atoms with van der Waals surface area (Å²) in [5.41, 5.74) is 0.584. The van der Waals surface area contributed by atoms with E-state index in [0.717, 1.165) is 77.0 Å². The van der Waals surface area contributed by atoms with E-state index in [0.29, 0.717) is 35.5 Å². The average Bonchev–Trinajstić information content (AvgIpc) is 2.89. The van der Waals surface area contributed by atoms with Gasteiger partial charge in [-0.25, -0.2) is 0 Å². The van der Waals surface area contributed by atoms with E-state index in [4.69, 9.17) is 6.79 Å². The second-order valence-electron chi connectivity index (χ2n) is 22.3. The van der Waals surface area contributed by atoms with E-state index < -0.39 is 12.2 Å². The molecule has 5 heteroatoms. The van der Waals surface area contributed by atoms with E-state index in [9.17, 15) is 5.26 Å². The molecule has 4 nitrogen and oxygen atoms in total. The monoisotopic (exact) mass is 690 g/mol. The fourth-order valence-corrected chi connectivity index (χ4v) is 27.2. The summed E-state index contributed by atoms with van der Waals surface area (Å²) in [4.78, 5) is 0. The fraction of sp³-hybridized carbons (Fsp3) is 0.902. The van der Waals surface area contributed by atoms with Gasteiger partial charge in [-0.3, -0.25) is 0 Å². The summed E-state index contributed by atoms with van der Waals surface area (Å²) in [7, 11) is 0. The van der Waals surface area contributed by atoms with Crippen LogP contribution in [0, 0.1) is 21.7 Å². The SMILES string of the molecule is C=C[CH2][Ti](=[O])([CH2]C=C)([CH2]CCCCCC(C)(C)C)([CH2]CCCCCC(C)(C)C)([CH2]CCCCCC(C)(C)C)([O]O)[O]CC(C)(C)C. The van der Waals surface area contributed by atoms with Crippen molar-refractivity contribution in [2.45, 2.75) is 203 Å². The van der Waals surface area contributed by atoms with E-state index >= 15 is 3.32 Å². The van der Waals surface area contributed by atoms with Crippen LogP contribution in [-0.2, 0) is 22.3 Å². The first-order valence-electron chi connectivity index (χ1n) is 19.4. The van der Waals surface area contributed by atoms with Crippen LogP contribution >= 0.6 is 0 Å². The van der Waals surface area contributed by atoms with Crippen LogP contribution in [-0.4, -0.2) is 11.9 Å². The Kier molecular flexibility index (Phi) is 14.6. The van der Waals surface area contributed by atoms with E-state index in [1.165, 1.54) is 0 Å². The number of allylic oxidation sites excluding steroid dienone is 2. The Hall–Kier alpha value is -0.126. The first-order valence-corrected chi connectivity index (χ1v) is 26.8. The third kappa shape index (κ3) is 13.0. The molecule has 0 aliphatic heterocycles. The van der Waals surface area contributed by atoms with Crippen molar-refractivity contribution in [1.82, 2.24) is 0 Å². The summed E-state index contributed by atoms with van der Waals surface area (Å²) in [6.07, 6.45) is 18.3. The third-order valence-electron chi connectivity index (χ3n) is 12.1. The van der Waals surface area contributed by atoms with Crippen molar-refractivity contribution in [3.8, 4) is 0 Å². The minimum atomic E-state index is -7.63. The molecule has 277 valence electrons. The van der Waals surface area contributed by atoms with Crippen LogP contribution in [0.4, 0.5) is 0 Å². The molecule has 0 amide bonds. The first-order chi connectivity index (χ1) is 20.6. The molecule has 0 radical (unpaired) electrons. The molecule has 0 unspecified atom stereocenters. The average molecular weight is 690 g/mol. The van der Waals surface area contributed by atoms with Gasteiger partial charge in [-0.1, -0.05) is 0 Å². The molecule has 0 aliphatic rings. The van der Waals surface area contributed by atoms with Gasteiger partial charge in [0.05, 0.1) is 0 Å². The van der Waals surface area contributed by atoms with Gasteiger partial charge in [0, 0.05) is 0 Å². The number of hydrogen-bond donors (Lipinski definition) is 1. The Morgan fingerprint density at radius 3 is 1.00 bits per heavy atom. The molecule has 0 saturated carbocycles. The first kappa shape index (κ1) is 45.9. The van der Waals surface area contributed by atoms with E-state index in [2.05, 4.69) is 96.2 Å². The second kappa shape index (κ2) is 14.6. The van der Waals surface area contributed by atoms with Crippen LogP contribution < -0.4 is 0 Å². The van der Waals surface area contributed by atoms with Gasteiger partial charge in [-0.05, 0) is 0 Å². The molecule has 0 heterocycles. The topological polar surface area (TPSA) is 55.8 Å².